The lowest BCUT2D eigenvalue weighted by Gasteiger charge is -2.13. The zero-order chi connectivity index (χ0) is 22.4. The van der Waals surface area contributed by atoms with Gasteiger partial charge in [0.2, 0.25) is 0 Å². The second-order valence-electron chi connectivity index (χ2n) is 7.67. The predicted molar refractivity (Wildman–Crippen MR) is 130 cm³/mol. The van der Waals surface area contributed by atoms with Crippen LogP contribution in [0.3, 0.4) is 0 Å². The molecule has 1 rings (SSSR count). The number of nitrogens with one attached hydrogen (secondary N) is 3. The van der Waals surface area contributed by atoms with E-state index < -0.39 is 4.92 Å². The summed E-state index contributed by atoms with van der Waals surface area (Å²) in [5, 5.41) is 21.9. The molecule has 0 aromatic carbocycles. The average Bonchev–Trinajstić information content (AvgIpc) is 3.08. The van der Waals surface area contributed by atoms with Gasteiger partial charge in [0.25, 0.3) is 6.20 Å². The Kier molecular flexibility index (Phi) is 13.8. The molecule has 1 unspecified atom stereocenters. The lowest BCUT2D eigenvalue weighted by molar-refractivity contribution is -0.404. The van der Waals surface area contributed by atoms with Gasteiger partial charge in [-0.05, 0) is 31.7 Å². The monoisotopic (exact) mass is 457 g/mol. The van der Waals surface area contributed by atoms with E-state index in [1.165, 1.54) is 15.6 Å². The molecule has 1 atom stereocenters. The van der Waals surface area contributed by atoms with Gasteiger partial charge in [-0.1, -0.05) is 41.0 Å². The first-order chi connectivity index (χ1) is 14.4. The lowest BCUT2D eigenvalue weighted by Crippen LogP contribution is -2.31. The Morgan fingerprint density at radius 3 is 2.60 bits per heavy atom. The molecule has 172 valence electrons. The van der Waals surface area contributed by atoms with Crippen LogP contribution in [0.2, 0.25) is 0 Å². The normalized spacial score (nSPS) is 12.9. The summed E-state index contributed by atoms with van der Waals surface area (Å²) in [5.74, 6) is 2.64. The molecule has 0 amide bonds. The summed E-state index contributed by atoms with van der Waals surface area (Å²) in [6, 6.07) is 0.341. The Labute approximate surface area is 190 Å². The van der Waals surface area contributed by atoms with E-state index in [1.54, 1.807) is 0 Å². The highest BCUT2D eigenvalue weighted by atomic mass is 32.2. The van der Waals surface area contributed by atoms with Crippen molar-refractivity contribution >= 4 is 23.1 Å². The van der Waals surface area contributed by atoms with E-state index in [4.69, 9.17) is 4.98 Å². The smallest absolute Gasteiger partial charge is 0.274 e. The van der Waals surface area contributed by atoms with E-state index in [1.807, 2.05) is 23.1 Å². The van der Waals surface area contributed by atoms with Crippen molar-refractivity contribution in [3.63, 3.8) is 0 Å². The molecule has 0 spiro atoms. The van der Waals surface area contributed by atoms with Gasteiger partial charge in [0.15, 0.2) is 5.82 Å². The van der Waals surface area contributed by atoms with Crippen LogP contribution < -0.4 is 16.0 Å². The van der Waals surface area contributed by atoms with Gasteiger partial charge in [-0.3, -0.25) is 10.1 Å². The minimum absolute atomic E-state index is 0.341. The van der Waals surface area contributed by atoms with E-state index in [-0.39, 0.29) is 0 Å². The fourth-order valence-corrected chi connectivity index (χ4v) is 5.07. The standard InChI is InChI=1S/C21H39N5O2S2/c1-6-9-19-18(25-21(30-19)17(8-3)22-10-7-2)15-29-12-11-23-20(14-26(27)28)24-13-16(4)5/h14,16-17,22-24H,6-13,15H2,1-5H3. The molecule has 3 N–H and O–H groups in total. The van der Waals surface area contributed by atoms with Gasteiger partial charge in [0.1, 0.15) is 5.01 Å². The third-order valence-electron chi connectivity index (χ3n) is 4.35. The molecule has 0 bridgehead atoms. The largest absolute Gasteiger partial charge is 0.366 e. The summed E-state index contributed by atoms with van der Waals surface area (Å²) in [6.45, 7) is 13.1. The first kappa shape index (κ1) is 26.7. The number of aryl methyl sites for hydroxylation is 1. The molecule has 1 aromatic rings. The number of nitrogens with zero attached hydrogens (tertiary/aromatic N) is 2. The van der Waals surface area contributed by atoms with Gasteiger partial charge in [0.05, 0.1) is 16.7 Å². The van der Waals surface area contributed by atoms with Crippen molar-refractivity contribution in [1.29, 1.82) is 0 Å². The van der Waals surface area contributed by atoms with Gasteiger partial charge in [0, 0.05) is 29.5 Å². The number of hydrogen-bond donors (Lipinski definition) is 3. The second kappa shape index (κ2) is 15.5. The first-order valence-corrected chi connectivity index (χ1v) is 13.0. The van der Waals surface area contributed by atoms with Crippen molar-refractivity contribution in [2.24, 2.45) is 5.92 Å². The van der Waals surface area contributed by atoms with Gasteiger partial charge < -0.3 is 16.0 Å². The van der Waals surface area contributed by atoms with Crippen molar-refractivity contribution in [1.82, 2.24) is 20.9 Å². The molecule has 0 aliphatic carbocycles. The highest BCUT2D eigenvalue weighted by Gasteiger charge is 2.17. The molecule has 30 heavy (non-hydrogen) atoms. The second-order valence-corrected chi connectivity index (χ2v) is 9.89. The quantitative estimate of drug-likeness (QED) is 0.177. The van der Waals surface area contributed by atoms with E-state index in [0.717, 1.165) is 49.9 Å². The number of thioether (sulfide) groups is 1. The molecule has 0 saturated heterocycles. The maximum Gasteiger partial charge on any atom is 0.274 e. The molecular formula is C21H39N5O2S2. The Balaban J connectivity index is 2.58. The fraction of sp³-hybridized carbons (Fsp3) is 0.762. The molecule has 0 saturated carbocycles. The molecule has 9 heteroatoms. The molecule has 0 fully saturated rings. The summed E-state index contributed by atoms with van der Waals surface area (Å²) in [6.07, 6.45) is 5.37. The number of rotatable bonds is 17. The van der Waals surface area contributed by atoms with Crippen molar-refractivity contribution in [3.05, 3.63) is 37.7 Å². The maximum absolute atomic E-state index is 10.8. The molecule has 0 aliphatic rings. The van der Waals surface area contributed by atoms with E-state index >= 15 is 0 Å². The molecule has 7 nitrogen and oxygen atoms in total. The zero-order valence-electron chi connectivity index (χ0n) is 19.1. The Morgan fingerprint density at radius 2 is 2.00 bits per heavy atom. The Bertz CT molecular complexity index is 649. The predicted octanol–water partition coefficient (Wildman–Crippen LogP) is 4.69. The fourth-order valence-electron chi connectivity index (χ4n) is 2.81. The van der Waals surface area contributed by atoms with Gasteiger partial charge >= 0.3 is 0 Å². The van der Waals surface area contributed by atoms with Crippen LogP contribution in [0.25, 0.3) is 0 Å². The summed E-state index contributed by atoms with van der Waals surface area (Å²) in [7, 11) is 0. The number of thiazole rings is 1. The minimum Gasteiger partial charge on any atom is -0.366 e. The lowest BCUT2D eigenvalue weighted by atomic mass is 10.2. The molecule has 0 radical (unpaired) electrons. The molecular weight excluding hydrogens is 418 g/mol. The number of hydrogen-bond acceptors (Lipinski definition) is 8. The van der Waals surface area contributed by atoms with Crippen molar-refractivity contribution in [2.45, 2.75) is 72.1 Å². The van der Waals surface area contributed by atoms with Crippen LogP contribution in [0.15, 0.2) is 12.0 Å². The van der Waals surface area contributed by atoms with Crippen LogP contribution >= 0.6 is 23.1 Å². The van der Waals surface area contributed by atoms with Gasteiger partial charge in [-0.15, -0.1) is 11.3 Å². The van der Waals surface area contributed by atoms with Crippen LogP contribution in [0, 0.1) is 16.0 Å². The van der Waals surface area contributed by atoms with Crippen LogP contribution in [-0.4, -0.2) is 35.3 Å². The highest BCUT2D eigenvalue weighted by Crippen LogP contribution is 2.29. The van der Waals surface area contributed by atoms with E-state index in [9.17, 15) is 10.1 Å². The van der Waals surface area contributed by atoms with Crippen LogP contribution in [0.5, 0.6) is 0 Å². The minimum atomic E-state index is -0.423. The van der Waals surface area contributed by atoms with Crippen molar-refractivity contribution in [3.8, 4) is 0 Å². The summed E-state index contributed by atoms with van der Waals surface area (Å²) < 4.78 is 0. The molecule has 0 aliphatic heterocycles. The van der Waals surface area contributed by atoms with Crippen molar-refractivity contribution < 1.29 is 4.92 Å². The van der Waals surface area contributed by atoms with Gasteiger partial charge in [-0.25, -0.2) is 4.98 Å². The SMILES string of the molecule is CCCNC(CC)c1nc(CSCCNC(=C[N+](=O)[O-])NCC(C)C)c(CCC)s1. The average molecular weight is 458 g/mol. The summed E-state index contributed by atoms with van der Waals surface area (Å²) >= 11 is 3.67. The third kappa shape index (κ3) is 10.6. The molecule has 1 aromatic heterocycles. The maximum atomic E-state index is 10.8. The highest BCUT2D eigenvalue weighted by molar-refractivity contribution is 7.98. The Hall–Kier alpha value is -1.32. The van der Waals surface area contributed by atoms with Crippen LogP contribution in [-0.2, 0) is 12.2 Å². The van der Waals surface area contributed by atoms with E-state index in [0.29, 0.717) is 30.9 Å². The van der Waals surface area contributed by atoms with Crippen molar-refractivity contribution in [2.75, 3.05) is 25.4 Å². The number of nitro groups is 1. The van der Waals surface area contributed by atoms with Gasteiger partial charge in [-0.2, -0.15) is 11.8 Å². The molecule has 1 heterocycles. The zero-order valence-corrected chi connectivity index (χ0v) is 20.8. The Morgan fingerprint density at radius 1 is 1.23 bits per heavy atom. The van der Waals surface area contributed by atoms with E-state index in [2.05, 4.69) is 50.6 Å². The summed E-state index contributed by atoms with van der Waals surface area (Å²) in [4.78, 5) is 16.8. The number of aromatic nitrogens is 1. The third-order valence-corrected chi connectivity index (χ3v) is 6.60. The topological polar surface area (TPSA) is 92.1 Å². The van der Waals surface area contributed by atoms with Crippen LogP contribution in [0.4, 0.5) is 0 Å². The van der Waals surface area contributed by atoms with Crippen LogP contribution in [0.1, 0.15) is 75.5 Å². The summed E-state index contributed by atoms with van der Waals surface area (Å²) in [5.41, 5.74) is 1.21. The first-order valence-electron chi connectivity index (χ1n) is 11.0.